The quantitative estimate of drug-likeness (QED) is 0.631. The highest BCUT2D eigenvalue weighted by Crippen LogP contribution is 2.36. The zero-order chi connectivity index (χ0) is 10.2. The highest BCUT2D eigenvalue weighted by Gasteiger charge is 2.38. The van der Waals surface area contributed by atoms with E-state index in [2.05, 4.69) is 0 Å². The summed E-state index contributed by atoms with van der Waals surface area (Å²) in [6.07, 6.45) is 3.86. The van der Waals surface area contributed by atoms with Gasteiger partial charge in [0.2, 0.25) is 0 Å². The summed E-state index contributed by atoms with van der Waals surface area (Å²) >= 11 is 0. The van der Waals surface area contributed by atoms with E-state index in [9.17, 15) is 4.79 Å². The maximum absolute atomic E-state index is 11.6. The Morgan fingerprint density at radius 3 is 2.79 bits per heavy atom. The molecule has 0 saturated heterocycles. The molecule has 0 N–H and O–H groups in total. The smallest absolute Gasteiger partial charge is 0.319 e. The van der Waals surface area contributed by atoms with Gasteiger partial charge in [-0.15, -0.1) is 0 Å². The number of hydrogen-bond donors (Lipinski definition) is 0. The third-order valence-electron chi connectivity index (χ3n) is 2.73. The number of carbonyl (C=O) groups excluding carboxylic acids is 1. The van der Waals surface area contributed by atoms with Crippen LogP contribution in [0.5, 0.6) is 0 Å². The molecule has 2 nitrogen and oxygen atoms in total. The molecule has 1 aliphatic carbocycles. The molecule has 0 radical (unpaired) electrons. The molecule has 0 bridgehead atoms. The topological polar surface area (TPSA) is 26.3 Å². The third kappa shape index (κ3) is 1.07. The normalized spacial score (nSPS) is 23.3. The van der Waals surface area contributed by atoms with Gasteiger partial charge in [-0.25, -0.2) is 0 Å². The van der Waals surface area contributed by atoms with E-state index in [4.69, 9.17) is 4.74 Å². The largest absolute Gasteiger partial charge is 0.468 e. The van der Waals surface area contributed by atoms with Crippen LogP contribution in [0.25, 0.3) is 6.08 Å². The number of rotatable bonds is 1. The van der Waals surface area contributed by atoms with Crippen LogP contribution in [0, 0.1) is 0 Å². The van der Waals surface area contributed by atoms with Crippen LogP contribution in [-0.2, 0) is 14.9 Å². The molecule has 1 unspecified atom stereocenters. The molecule has 1 atom stereocenters. The average molecular weight is 188 g/mol. The van der Waals surface area contributed by atoms with Crippen molar-refractivity contribution in [1.29, 1.82) is 0 Å². The van der Waals surface area contributed by atoms with E-state index in [1.54, 1.807) is 0 Å². The van der Waals surface area contributed by atoms with Crippen molar-refractivity contribution in [2.75, 3.05) is 7.11 Å². The SMILES string of the molecule is COC(=O)C1(C)C=Cc2ccccc21. The highest BCUT2D eigenvalue weighted by molar-refractivity contribution is 5.90. The Morgan fingerprint density at radius 2 is 2.07 bits per heavy atom. The summed E-state index contributed by atoms with van der Waals surface area (Å²) in [5, 5.41) is 0. The van der Waals surface area contributed by atoms with Crippen LogP contribution in [0.3, 0.4) is 0 Å². The summed E-state index contributed by atoms with van der Waals surface area (Å²) in [4.78, 5) is 11.6. The van der Waals surface area contributed by atoms with Crippen LogP contribution < -0.4 is 0 Å². The van der Waals surface area contributed by atoms with Gasteiger partial charge in [0.15, 0.2) is 0 Å². The van der Waals surface area contributed by atoms with Crippen LogP contribution in [0.1, 0.15) is 18.1 Å². The first-order valence-corrected chi connectivity index (χ1v) is 4.55. The number of hydrogen-bond acceptors (Lipinski definition) is 2. The van der Waals surface area contributed by atoms with Gasteiger partial charge in [0.25, 0.3) is 0 Å². The number of fused-ring (bicyclic) bond motifs is 1. The van der Waals surface area contributed by atoms with E-state index >= 15 is 0 Å². The zero-order valence-electron chi connectivity index (χ0n) is 8.28. The van der Waals surface area contributed by atoms with Gasteiger partial charge in [0, 0.05) is 0 Å². The second kappa shape index (κ2) is 2.98. The van der Waals surface area contributed by atoms with Crippen LogP contribution in [0.2, 0.25) is 0 Å². The Morgan fingerprint density at radius 1 is 1.36 bits per heavy atom. The minimum atomic E-state index is -0.606. The first kappa shape index (κ1) is 9.00. The molecule has 2 rings (SSSR count). The summed E-state index contributed by atoms with van der Waals surface area (Å²) in [6, 6.07) is 7.87. The van der Waals surface area contributed by atoms with Gasteiger partial charge in [0.05, 0.1) is 7.11 Å². The number of ether oxygens (including phenoxy) is 1. The predicted molar refractivity (Wildman–Crippen MR) is 54.8 cm³/mol. The molecule has 0 heterocycles. The van der Waals surface area contributed by atoms with Crippen LogP contribution >= 0.6 is 0 Å². The third-order valence-corrected chi connectivity index (χ3v) is 2.73. The summed E-state index contributed by atoms with van der Waals surface area (Å²) in [5.41, 5.74) is 1.51. The van der Waals surface area contributed by atoms with Gasteiger partial charge >= 0.3 is 5.97 Å². The van der Waals surface area contributed by atoms with Crippen molar-refractivity contribution in [3.63, 3.8) is 0 Å². The number of carbonyl (C=O) groups is 1. The second-order valence-corrected chi connectivity index (χ2v) is 3.61. The highest BCUT2D eigenvalue weighted by atomic mass is 16.5. The summed E-state index contributed by atoms with van der Waals surface area (Å²) in [7, 11) is 1.42. The minimum Gasteiger partial charge on any atom is -0.468 e. The van der Waals surface area contributed by atoms with Gasteiger partial charge in [0.1, 0.15) is 5.41 Å². The van der Waals surface area contributed by atoms with Crippen molar-refractivity contribution < 1.29 is 9.53 Å². The lowest BCUT2D eigenvalue weighted by atomic mass is 9.85. The lowest BCUT2D eigenvalue weighted by Crippen LogP contribution is -2.30. The molecule has 2 heteroatoms. The van der Waals surface area contributed by atoms with Crippen molar-refractivity contribution in [3.8, 4) is 0 Å². The number of methoxy groups -OCH3 is 1. The van der Waals surface area contributed by atoms with E-state index in [0.29, 0.717) is 0 Å². The Kier molecular flexibility index (Phi) is 1.92. The van der Waals surface area contributed by atoms with E-state index in [0.717, 1.165) is 11.1 Å². The molecule has 14 heavy (non-hydrogen) atoms. The van der Waals surface area contributed by atoms with Crippen molar-refractivity contribution in [1.82, 2.24) is 0 Å². The molecule has 0 aromatic heterocycles. The van der Waals surface area contributed by atoms with Gasteiger partial charge < -0.3 is 4.74 Å². The maximum atomic E-state index is 11.6. The lowest BCUT2D eigenvalue weighted by molar-refractivity contribution is -0.144. The van der Waals surface area contributed by atoms with E-state index in [-0.39, 0.29) is 5.97 Å². The fourth-order valence-electron chi connectivity index (χ4n) is 1.85. The zero-order valence-corrected chi connectivity index (χ0v) is 8.28. The van der Waals surface area contributed by atoms with E-state index in [1.165, 1.54) is 7.11 Å². The van der Waals surface area contributed by atoms with Crippen molar-refractivity contribution >= 4 is 12.0 Å². The number of benzene rings is 1. The molecule has 72 valence electrons. The monoisotopic (exact) mass is 188 g/mol. The summed E-state index contributed by atoms with van der Waals surface area (Å²) < 4.78 is 4.80. The fourth-order valence-corrected chi connectivity index (χ4v) is 1.85. The minimum absolute atomic E-state index is 0.210. The van der Waals surface area contributed by atoms with E-state index < -0.39 is 5.41 Å². The summed E-state index contributed by atoms with van der Waals surface area (Å²) in [5.74, 6) is -0.210. The molecule has 1 aliphatic rings. The van der Waals surface area contributed by atoms with E-state index in [1.807, 2.05) is 43.3 Å². The molecule has 0 saturated carbocycles. The van der Waals surface area contributed by atoms with Crippen molar-refractivity contribution in [2.45, 2.75) is 12.3 Å². The molecule has 0 fully saturated rings. The Hall–Kier alpha value is -1.57. The molecule has 0 aliphatic heterocycles. The van der Waals surface area contributed by atoms with Gasteiger partial charge in [-0.2, -0.15) is 0 Å². The molecule has 0 spiro atoms. The molecular weight excluding hydrogens is 176 g/mol. The molecule has 0 amide bonds. The Balaban J connectivity index is 2.52. The van der Waals surface area contributed by atoms with Crippen LogP contribution in [0.4, 0.5) is 0 Å². The first-order chi connectivity index (χ1) is 6.68. The molecule has 1 aromatic carbocycles. The van der Waals surface area contributed by atoms with Gasteiger partial charge in [-0.3, -0.25) is 4.79 Å². The lowest BCUT2D eigenvalue weighted by Gasteiger charge is -2.20. The Labute approximate surface area is 83.2 Å². The van der Waals surface area contributed by atoms with Crippen molar-refractivity contribution in [2.24, 2.45) is 0 Å². The summed E-state index contributed by atoms with van der Waals surface area (Å²) in [6.45, 7) is 1.88. The Bertz CT molecular complexity index is 407. The van der Waals surface area contributed by atoms with Crippen LogP contribution in [0.15, 0.2) is 30.3 Å². The molecular formula is C12H12O2. The maximum Gasteiger partial charge on any atom is 0.319 e. The second-order valence-electron chi connectivity index (χ2n) is 3.61. The van der Waals surface area contributed by atoms with Crippen LogP contribution in [-0.4, -0.2) is 13.1 Å². The van der Waals surface area contributed by atoms with Gasteiger partial charge in [-0.1, -0.05) is 36.4 Å². The standard InChI is InChI=1S/C12H12O2/c1-12(11(13)14-2)8-7-9-5-3-4-6-10(9)12/h3-8H,1-2H3. The first-order valence-electron chi connectivity index (χ1n) is 4.55. The number of esters is 1. The predicted octanol–water partition coefficient (Wildman–Crippen LogP) is 2.14. The van der Waals surface area contributed by atoms with Crippen molar-refractivity contribution in [3.05, 3.63) is 41.5 Å². The fraction of sp³-hybridized carbons (Fsp3) is 0.250. The van der Waals surface area contributed by atoms with Gasteiger partial charge in [-0.05, 0) is 18.1 Å². The average Bonchev–Trinajstić information content (AvgIpc) is 2.58. The molecule has 1 aromatic rings.